The van der Waals surface area contributed by atoms with Crippen LogP contribution in [0.3, 0.4) is 0 Å². The first-order valence-electron chi connectivity index (χ1n) is 20.5. The number of carbonyl (C=O) groups is 5. The van der Waals surface area contributed by atoms with Crippen molar-refractivity contribution < 1.29 is 42.9 Å². The lowest BCUT2D eigenvalue weighted by Crippen LogP contribution is -2.42. The lowest BCUT2D eigenvalue weighted by molar-refractivity contribution is -0.149. The number of allylic oxidation sites excluding steroid dienone is 3. The number of urea groups is 1. The van der Waals surface area contributed by atoms with Crippen molar-refractivity contribution in [2.45, 2.75) is 121 Å². The Morgan fingerprint density at radius 1 is 1.00 bits per heavy atom. The molecule has 4 heterocycles. The highest BCUT2D eigenvalue weighted by atomic mass is 79.9. The second-order valence-electron chi connectivity index (χ2n) is 15.2. The van der Waals surface area contributed by atoms with E-state index in [1.54, 1.807) is 12.2 Å². The van der Waals surface area contributed by atoms with Crippen molar-refractivity contribution in [1.29, 1.82) is 0 Å². The van der Waals surface area contributed by atoms with E-state index in [9.17, 15) is 24.0 Å². The van der Waals surface area contributed by atoms with Crippen LogP contribution < -0.4 is 26.6 Å². The van der Waals surface area contributed by atoms with E-state index in [2.05, 4.69) is 42.5 Å². The van der Waals surface area contributed by atoms with Crippen LogP contribution in [0.15, 0.2) is 39.7 Å². The van der Waals surface area contributed by atoms with Gasteiger partial charge in [0.15, 0.2) is 0 Å². The van der Waals surface area contributed by atoms with E-state index in [1.807, 2.05) is 50.9 Å². The maximum Gasteiger partial charge on any atom is 0.331 e. The molecule has 3 aliphatic rings. The molecule has 7 atom stereocenters. The minimum absolute atomic E-state index is 0.00295. The summed E-state index contributed by atoms with van der Waals surface area (Å²) >= 11 is 6.82. The van der Waals surface area contributed by atoms with Crippen LogP contribution in [-0.4, -0.2) is 122 Å². The van der Waals surface area contributed by atoms with Gasteiger partial charge < -0.3 is 45.5 Å². The summed E-state index contributed by atoms with van der Waals surface area (Å²) in [5, 5.41) is 18.1. The van der Waals surface area contributed by atoms with Gasteiger partial charge >= 0.3 is 18.0 Å². The molecule has 2 bridgehead atoms. The molecule has 328 valence electrons. The molecular weight excluding hydrogens is 865 g/mol. The van der Waals surface area contributed by atoms with E-state index in [-0.39, 0.29) is 66.9 Å². The third-order valence-electron chi connectivity index (χ3n) is 9.88. The predicted octanol–water partition coefficient (Wildman–Crippen LogP) is 4.57. The third-order valence-corrected chi connectivity index (χ3v) is 12.5. The number of amides is 4. The molecule has 4 amide bonds. The van der Waals surface area contributed by atoms with Gasteiger partial charge in [0.2, 0.25) is 11.8 Å². The lowest BCUT2D eigenvalue weighted by Gasteiger charge is -2.22. The minimum Gasteiger partial charge on any atom is -0.462 e. The monoisotopic (exact) mass is 924 g/mol. The van der Waals surface area contributed by atoms with E-state index < -0.39 is 12.1 Å². The summed E-state index contributed by atoms with van der Waals surface area (Å²) in [5.74, 6) is -0.155. The molecule has 0 spiro atoms. The molecule has 3 aliphatic heterocycles. The SMILES string of the molecule is CC(Br)=CC1Cc2nc(cs2)[C@@H](C)CC(NCC(=O)NCCOCCOCCNC(=O)CCCC[C@@H]2SC[C@@H]3NC(=O)N[C@@H]32)CC(=O)O[C@@H](C)CC(C)=CC=CC(=O)O1. The molecule has 0 aromatic carbocycles. The fourth-order valence-electron chi connectivity index (χ4n) is 7.02. The number of fused-ring (bicyclic) bond motifs is 3. The Morgan fingerprint density at radius 3 is 2.49 bits per heavy atom. The fourth-order valence-corrected chi connectivity index (χ4v) is 9.82. The van der Waals surface area contributed by atoms with Crippen LogP contribution >= 0.6 is 39.0 Å². The highest BCUT2D eigenvalue weighted by Crippen LogP contribution is 2.33. The quantitative estimate of drug-likeness (QED) is 0.0784. The number of thiazole rings is 1. The predicted molar refractivity (Wildman–Crippen MR) is 233 cm³/mol. The number of esters is 2. The number of cyclic esters (lactones) is 2. The number of nitrogens with one attached hydrogen (secondary N) is 5. The number of unbranched alkanes of at least 4 members (excludes halogenated alkanes) is 1. The average molecular weight is 926 g/mol. The number of hydrogen-bond acceptors (Lipinski definition) is 13. The van der Waals surface area contributed by atoms with Gasteiger partial charge in [-0.25, -0.2) is 14.6 Å². The van der Waals surface area contributed by atoms with Crippen LogP contribution in [0.5, 0.6) is 0 Å². The molecular formula is C41H61BrN6O9S2. The number of hydrogen-bond donors (Lipinski definition) is 5. The van der Waals surface area contributed by atoms with Gasteiger partial charge in [-0.3, -0.25) is 14.4 Å². The van der Waals surface area contributed by atoms with Crippen molar-refractivity contribution in [1.82, 2.24) is 31.6 Å². The molecule has 5 N–H and O–H groups in total. The molecule has 1 aromatic rings. The number of ether oxygens (including phenoxy) is 4. The van der Waals surface area contributed by atoms with Crippen molar-refractivity contribution in [3.05, 3.63) is 50.4 Å². The largest absolute Gasteiger partial charge is 0.462 e. The number of nitrogens with zero attached hydrogens (tertiary/aromatic N) is 1. The molecule has 2 fully saturated rings. The number of aromatic nitrogens is 1. The maximum absolute atomic E-state index is 13.1. The second kappa shape index (κ2) is 26.1. The third kappa shape index (κ3) is 18.9. The minimum atomic E-state index is -0.503. The second-order valence-corrected chi connectivity index (χ2v) is 18.7. The van der Waals surface area contributed by atoms with Gasteiger partial charge in [0.25, 0.3) is 0 Å². The Hall–Kier alpha value is -3.29. The molecule has 2 saturated heterocycles. The van der Waals surface area contributed by atoms with Crippen LogP contribution in [0.4, 0.5) is 4.79 Å². The molecule has 4 rings (SSSR count). The van der Waals surface area contributed by atoms with Crippen molar-refractivity contribution in [3.8, 4) is 0 Å². The van der Waals surface area contributed by atoms with E-state index in [4.69, 9.17) is 23.9 Å². The average Bonchev–Trinajstić information content (AvgIpc) is 3.88. The normalized spacial score (nSPS) is 25.6. The summed E-state index contributed by atoms with van der Waals surface area (Å²) < 4.78 is 23.4. The number of rotatable bonds is 18. The van der Waals surface area contributed by atoms with Crippen LogP contribution in [0.25, 0.3) is 0 Å². The van der Waals surface area contributed by atoms with Crippen molar-refractivity contribution in [2.24, 2.45) is 0 Å². The van der Waals surface area contributed by atoms with E-state index in [1.165, 1.54) is 17.4 Å². The number of carbonyl (C=O) groups excluding carboxylic acids is 5. The first kappa shape index (κ1) is 48.4. The van der Waals surface area contributed by atoms with Crippen LogP contribution in [0, 0.1) is 0 Å². The molecule has 15 nitrogen and oxygen atoms in total. The van der Waals surface area contributed by atoms with Gasteiger partial charge in [-0.2, -0.15) is 11.8 Å². The van der Waals surface area contributed by atoms with Gasteiger partial charge in [0, 0.05) is 66.8 Å². The van der Waals surface area contributed by atoms with Gasteiger partial charge in [0.1, 0.15) is 12.2 Å². The van der Waals surface area contributed by atoms with E-state index in [0.717, 1.165) is 45.8 Å². The zero-order chi connectivity index (χ0) is 42.6. The van der Waals surface area contributed by atoms with Gasteiger partial charge in [-0.15, -0.1) is 11.3 Å². The molecule has 59 heavy (non-hydrogen) atoms. The highest BCUT2D eigenvalue weighted by Gasteiger charge is 2.42. The molecule has 0 aliphatic carbocycles. The molecule has 18 heteroatoms. The topological polar surface area (TPSA) is 195 Å². The standard InChI is InChI=1S/C41H61BrN6O9S2/c1-26-8-7-11-38(51)57-31(20-28(3)42)22-37-46-32(24-59-37)27(2)19-30(21-39(52)56-29(4)18-26)45-23-36(50)44-13-15-55-17-16-54-14-12-43-35(49)10-6-5-9-34-40-33(25-58-34)47-41(53)48-40/h7-8,11,20,24,27,29-31,33-34,40,45H,5-6,9-10,12-19,21-23,25H2,1-4H3,(H,43,49)(H,44,50)(H2,47,48,53)/t27-,29-,30?,31?,33-,34-,40-/m0/s1. The first-order valence-corrected chi connectivity index (χ1v) is 23.2. The lowest BCUT2D eigenvalue weighted by atomic mass is 9.97. The summed E-state index contributed by atoms with van der Waals surface area (Å²) in [4.78, 5) is 66.9. The van der Waals surface area contributed by atoms with Crippen molar-refractivity contribution in [3.63, 3.8) is 0 Å². The summed E-state index contributed by atoms with van der Waals surface area (Å²) in [7, 11) is 0. The van der Waals surface area contributed by atoms with Crippen LogP contribution in [0.2, 0.25) is 0 Å². The zero-order valence-corrected chi connectivity index (χ0v) is 37.8. The summed E-state index contributed by atoms with van der Waals surface area (Å²) in [6.07, 6.45) is 10.5. The molecule has 0 saturated carbocycles. The molecule has 0 radical (unpaired) electrons. The summed E-state index contributed by atoms with van der Waals surface area (Å²) in [6.45, 7) is 9.78. The van der Waals surface area contributed by atoms with Crippen LogP contribution in [-0.2, 0) is 44.5 Å². The smallest absolute Gasteiger partial charge is 0.331 e. The fraction of sp³-hybridized carbons (Fsp3) is 0.659. The Morgan fingerprint density at radius 2 is 1.75 bits per heavy atom. The van der Waals surface area contributed by atoms with E-state index in [0.29, 0.717) is 70.5 Å². The van der Waals surface area contributed by atoms with Gasteiger partial charge in [-0.1, -0.05) is 47.0 Å². The Balaban J connectivity index is 1.11. The zero-order valence-electron chi connectivity index (χ0n) is 34.6. The highest BCUT2D eigenvalue weighted by molar-refractivity contribution is 9.11. The van der Waals surface area contributed by atoms with Crippen molar-refractivity contribution >= 4 is 68.8 Å². The van der Waals surface area contributed by atoms with Gasteiger partial charge in [-0.05, 0) is 50.6 Å². The maximum atomic E-state index is 13.1. The van der Waals surface area contributed by atoms with Crippen molar-refractivity contribution in [2.75, 3.05) is 51.8 Å². The van der Waals surface area contributed by atoms with Gasteiger partial charge in [0.05, 0.1) is 62.2 Å². The Labute approximate surface area is 364 Å². The summed E-state index contributed by atoms with van der Waals surface area (Å²) in [6, 6.07) is -0.0133. The van der Waals surface area contributed by atoms with E-state index >= 15 is 0 Å². The van der Waals surface area contributed by atoms with Crippen LogP contribution in [0.1, 0.15) is 89.3 Å². The Kier molecular flexibility index (Phi) is 21.4. The first-order chi connectivity index (χ1) is 28.3. The number of halogens is 1. The number of thioether (sulfide) groups is 1. The molecule has 2 unspecified atom stereocenters. The Bertz CT molecular complexity index is 1640. The molecule has 1 aromatic heterocycles. The summed E-state index contributed by atoms with van der Waals surface area (Å²) in [5.41, 5.74) is 1.79.